The van der Waals surface area contributed by atoms with Gasteiger partial charge < -0.3 is 18.7 Å². The minimum Gasteiger partial charge on any atom is -0.490 e. The molecule has 47 heavy (non-hydrogen) atoms. The molecule has 1 heterocycles. The van der Waals surface area contributed by atoms with Gasteiger partial charge in [0.2, 0.25) is 5.51 Å². The number of ether oxygens (including phenoxy) is 3. The summed E-state index contributed by atoms with van der Waals surface area (Å²) in [6.45, 7) is 5.43. The maximum Gasteiger partial charge on any atom is 0.527 e. The van der Waals surface area contributed by atoms with Crippen LogP contribution >= 0.6 is 19.2 Å². The zero-order chi connectivity index (χ0) is 33.3. The number of nitrogens with zero attached hydrogens (tertiary/aromatic N) is 1. The van der Waals surface area contributed by atoms with E-state index in [2.05, 4.69) is 17.7 Å². The summed E-state index contributed by atoms with van der Waals surface area (Å²) in [4.78, 5) is 11.7. The van der Waals surface area contributed by atoms with E-state index in [1.54, 1.807) is 29.5 Å². The number of fused-ring (bicyclic) bond motifs is 1. The van der Waals surface area contributed by atoms with E-state index in [0.717, 1.165) is 29.2 Å². The summed E-state index contributed by atoms with van der Waals surface area (Å²) < 4.78 is 43.7. The highest BCUT2D eigenvalue weighted by Crippen LogP contribution is 2.44. The highest BCUT2D eigenvalue weighted by molar-refractivity contribution is 7.47. The fraction of sp³-hybridized carbons (Fsp3) is 0.486. The molecular weight excluding hydrogens is 633 g/mol. The fourth-order valence-electron chi connectivity index (χ4n) is 5.39. The molecule has 0 spiro atoms. The molecule has 3 aromatic carbocycles. The first-order valence-corrected chi connectivity index (χ1v) is 19.2. The van der Waals surface area contributed by atoms with Crippen molar-refractivity contribution >= 4 is 29.9 Å². The minimum absolute atomic E-state index is 0.0892. The number of methoxy groups -OCH3 is 1. The maximum absolute atomic E-state index is 12.9. The molecule has 0 radical (unpaired) electrons. The van der Waals surface area contributed by atoms with E-state index in [0.29, 0.717) is 24.7 Å². The quantitative estimate of drug-likeness (QED) is 0.0473. The van der Waals surface area contributed by atoms with Gasteiger partial charge in [-0.2, -0.15) is 4.57 Å². The van der Waals surface area contributed by atoms with Gasteiger partial charge in [0.1, 0.15) is 18.5 Å². The molecular formula is C37H51NO7PS+. The third kappa shape index (κ3) is 12.9. The van der Waals surface area contributed by atoms with Crippen molar-refractivity contribution in [3.05, 3.63) is 82.8 Å². The summed E-state index contributed by atoms with van der Waals surface area (Å²) in [5.74, 6) is 1.55. The smallest absolute Gasteiger partial charge is 0.490 e. The number of aromatic nitrogens is 1. The van der Waals surface area contributed by atoms with Gasteiger partial charge in [-0.25, -0.2) is 4.57 Å². The summed E-state index contributed by atoms with van der Waals surface area (Å²) in [6.07, 6.45) is 14.1. The number of rotatable bonds is 23. The van der Waals surface area contributed by atoms with Gasteiger partial charge in [-0.3, -0.25) is 9.42 Å². The van der Waals surface area contributed by atoms with Gasteiger partial charge in [0.25, 0.3) is 0 Å². The lowest BCUT2D eigenvalue weighted by atomic mass is 10.1. The second-order valence-electron chi connectivity index (χ2n) is 12.0. The van der Waals surface area contributed by atoms with Crippen LogP contribution in [0.3, 0.4) is 0 Å². The van der Waals surface area contributed by atoms with Crippen LogP contribution in [0, 0.1) is 6.92 Å². The Labute approximate surface area is 284 Å². The van der Waals surface area contributed by atoms with Crippen LogP contribution in [-0.2, 0) is 20.4 Å². The third-order valence-corrected chi connectivity index (χ3v) is 9.75. The third-order valence-electron chi connectivity index (χ3n) is 7.98. The van der Waals surface area contributed by atoms with E-state index in [9.17, 15) is 9.46 Å². The van der Waals surface area contributed by atoms with E-state index < -0.39 is 13.9 Å². The van der Waals surface area contributed by atoms with Crippen molar-refractivity contribution in [1.82, 2.24) is 0 Å². The predicted octanol–water partition coefficient (Wildman–Crippen LogP) is 9.44. The van der Waals surface area contributed by atoms with E-state index in [4.69, 9.17) is 23.3 Å². The number of phosphoric acid groups is 1. The predicted molar refractivity (Wildman–Crippen MR) is 189 cm³/mol. The van der Waals surface area contributed by atoms with Crippen molar-refractivity contribution in [2.75, 3.05) is 26.9 Å². The topological polar surface area (TPSA) is 87.3 Å². The Hall–Kier alpha value is -2.94. The van der Waals surface area contributed by atoms with Gasteiger partial charge in [0.05, 0.1) is 18.1 Å². The van der Waals surface area contributed by atoms with Crippen LogP contribution in [-0.4, -0.2) is 37.9 Å². The normalized spacial score (nSPS) is 13.4. The Morgan fingerprint density at radius 2 is 1.62 bits per heavy atom. The number of unbranched alkanes of at least 4 members (excludes halogenated alkanes) is 9. The second kappa shape index (κ2) is 19.8. The zero-order valence-electron chi connectivity index (χ0n) is 28.1. The molecule has 4 rings (SSSR count). The molecule has 10 heteroatoms. The van der Waals surface area contributed by atoms with E-state index in [1.165, 1.54) is 63.4 Å². The molecule has 0 aliphatic heterocycles. The first kappa shape index (κ1) is 36.9. The maximum atomic E-state index is 12.9. The lowest BCUT2D eigenvalue weighted by Crippen LogP contribution is -2.30. The highest BCUT2D eigenvalue weighted by atomic mass is 32.1. The van der Waals surface area contributed by atoms with Gasteiger partial charge >= 0.3 is 7.82 Å². The van der Waals surface area contributed by atoms with Crippen molar-refractivity contribution in [2.24, 2.45) is 0 Å². The summed E-state index contributed by atoms with van der Waals surface area (Å²) >= 11 is 1.66. The highest BCUT2D eigenvalue weighted by Gasteiger charge is 2.26. The minimum atomic E-state index is -4.42. The largest absolute Gasteiger partial charge is 0.527 e. The molecule has 0 aliphatic carbocycles. The van der Waals surface area contributed by atoms with Gasteiger partial charge in [0.15, 0.2) is 24.2 Å². The Balaban J connectivity index is 1.26. The van der Waals surface area contributed by atoms with Crippen LogP contribution in [0.15, 0.2) is 72.4 Å². The van der Waals surface area contributed by atoms with Gasteiger partial charge in [-0.1, -0.05) is 119 Å². The molecule has 1 N–H and O–H groups in total. The van der Waals surface area contributed by atoms with Crippen molar-refractivity contribution in [3.63, 3.8) is 0 Å². The Kier molecular flexibility index (Phi) is 15.5. The zero-order valence-corrected chi connectivity index (χ0v) is 29.8. The Bertz CT molecular complexity index is 1540. The van der Waals surface area contributed by atoms with E-state index in [1.807, 2.05) is 54.9 Å². The monoisotopic (exact) mass is 684 g/mol. The molecule has 2 atom stereocenters. The fourth-order valence-corrected chi connectivity index (χ4v) is 6.81. The van der Waals surface area contributed by atoms with Gasteiger partial charge in [-0.05, 0) is 36.9 Å². The summed E-state index contributed by atoms with van der Waals surface area (Å²) in [5, 5.41) is 1.96. The lowest BCUT2D eigenvalue weighted by molar-refractivity contribution is -0.683. The summed E-state index contributed by atoms with van der Waals surface area (Å²) in [5.41, 5.74) is 2.97. The lowest BCUT2D eigenvalue weighted by Gasteiger charge is -2.20. The molecule has 0 saturated carbocycles. The van der Waals surface area contributed by atoms with Crippen molar-refractivity contribution in [2.45, 2.75) is 90.7 Å². The first-order valence-electron chi connectivity index (χ1n) is 16.9. The number of hydrogen-bond acceptors (Lipinski definition) is 7. The molecule has 2 unspecified atom stereocenters. The molecule has 0 bridgehead atoms. The summed E-state index contributed by atoms with van der Waals surface area (Å²) in [7, 11) is -2.91. The van der Waals surface area contributed by atoms with E-state index in [-0.39, 0.29) is 19.0 Å². The SMILES string of the molecule is CCCCCCCCCCCCOc1ccc2ccccc2c1OCC(COP(=O)(O)Oc1cccc(C[n+]2csc(C)c2)c1)OC. The van der Waals surface area contributed by atoms with Crippen molar-refractivity contribution < 1.29 is 37.3 Å². The standard InChI is InChI=1S/C37H50NO7PS/c1-4-5-6-7-8-9-10-11-12-15-23-42-36-22-21-32-18-13-14-20-35(32)37(36)43-27-34(41-3)28-44-46(39,40)45-33-19-16-17-31(24-33)26-38-25-30(2)47-29-38/h13-14,16-22,24-25,29,34H,4-12,15,23,26-28H2,1-3H3/p+1. The number of phosphoric ester groups is 1. The van der Waals surface area contributed by atoms with Gasteiger partial charge in [-0.15, -0.1) is 0 Å². The van der Waals surface area contributed by atoms with Crippen molar-refractivity contribution in [3.8, 4) is 17.2 Å². The molecule has 0 amide bonds. The summed E-state index contributed by atoms with van der Waals surface area (Å²) in [6, 6.07) is 19.0. The number of aryl methyl sites for hydroxylation is 1. The number of thiazole rings is 1. The molecule has 0 saturated heterocycles. The first-order chi connectivity index (χ1) is 22.9. The van der Waals surface area contributed by atoms with Crippen LogP contribution in [0.4, 0.5) is 0 Å². The molecule has 4 aromatic rings. The Morgan fingerprint density at radius 1 is 0.872 bits per heavy atom. The van der Waals surface area contributed by atoms with Crippen LogP contribution in [0.2, 0.25) is 0 Å². The van der Waals surface area contributed by atoms with Crippen molar-refractivity contribution in [1.29, 1.82) is 0 Å². The average molecular weight is 685 g/mol. The van der Waals surface area contributed by atoms with Crippen LogP contribution in [0.5, 0.6) is 17.2 Å². The molecule has 0 fully saturated rings. The molecule has 0 aliphatic rings. The second-order valence-corrected chi connectivity index (χ2v) is 14.4. The van der Waals surface area contributed by atoms with E-state index >= 15 is 0 Å². The van der Waals surface area contributed by atoms with Gasteiger partial charge in [0, 0.05) is 18.1 Å². The van der Waals surface area contributed by atoms with Crippen LogP contribution < -0.4 is 18.6 Å². The molecule has 1 aromatic heterocycles. The van der Waals surface area contributed by atoms with Crippen LogP contribution in [0.1, 0.15) is 81.6 Å². The van der Waals surface area contributed by atoms with Crippen LogP contribution in [0.25, 0.3) is 10.8 Å². The number of benzene rings is 3. The average Bonchev–Trinajstić information content (AvgIpc) is 3.47. The molecule has 256 valence electrons. The molecule has 8 nitrogen and oxygen atoms in total. The Morgan fingerprint density at radius 3 is 2.34 bits per heavy atom. The number of hydrogen-bond donors (Lipinski definition) is 1.